The summed E-state index contributed by atoms with van der Waals surface area (Å²) in [5.74, 6) is 1.38. The molecule has 148 valence electrons. The van der Waals surface area contributed by atoms with Gasteiger partial charge in [0.05, 0.1) is 18.5 Å². The van der Waals surface area contributed by atoms with E-state index in [9.17, 15) is 0 Å². The maximum atomic E-state index is 5.48. The lowest BCUT2D eigenvalue weighted by atomic mass is 10.2. The first-order valence-electron chi connectivity index (χ1n) is 9.45. The molecule has 0 atom stereocenters. The lowest BCUT2D eigenvalue weighted by Crippen LogP contribution is -2.20. The van der Waals surface area contributed by atoms with Gasteiger partial charge < -0.3 is 9.64 Å². The van der Waals surface area contributed by atoms with Crippen molar-refractivity contribution in [2.45, 2.75) is 6.92 Å². The molecule has 2 aromatic carbocycles. The molecule has 0 aliphatic rings. The molecule has 1 heterocycles. The first kappa shape index (κ1) is 20.1. The van der Waals surface area contributed by atoms with Gasteiger partial charge in [0.2, 0.25) is 0 Å². The second-order valence-corrected chi connectivity index (χ2v) is 6.46. The highest BCUT2D eigenvalue weighted by atomic mass is 16.5. The quantitative estimate of drug-likeness (QED) is 0.374. The van der Waals surface area contributed by atoms with Gasteiger partial charge in [0.15, 0.2) is 5.84 Å². The van der Waals surface area contributed by atoms with Gasteiger partial charge in [-0.15, -0.1) is 0 Å². The van der Waals surface area contributed by atoms with E-state index >= 15 is 0 Å². The van der Waals surface area contributed by atoms with E-state index in [4.69, 9.17) is 4.74 Å². The highest BCUT2D eigenvalue weighted by molar-refractivity contribution is 5.99. The van der Waals surface area contributed by atoms with E-state index in [0.717, 1.165) is 22.7 Å². The van der Waals surface area contributed by atoms with E-state index in [2.05, 4.69) is 37.5 Å². The predicted molar refractivity (Wildman–Crippen MR) is 120 cm³/mol. The molecule has 6 nitrogen and oxygen atoms in total. The maximum Gasteiger partial charge on any atom is 0.172 e. The molecular formula is C23H25N5O. The van der Waals surface area contributed by atoms with Gasteiger partial charge in [-0.25, -0.2) is 4.99 Å². The number of aromatic nitrogens is 1. The third kappa shape index (κ3) is 5.90. The van der Waals surface area contributed by atoms with Crippen molar-refractivity contribution in [2.24, 2.45) is 10.1 Å². The molecule has 1 N–H and O–H groups in total. The zero-order valence-electron chi connectivity index (χ0n) is 16.9. The number of anilines is 1. The van der Waals surface area contributed by atoms with Crippen molar-refractivity contribution < 1.29 is 4.74 Å². The lowest BCUT2D eigenvalue weighted by Gasteiger charge is -2.11. The van der Waals surface area contributed by atoms with Crippen LogP contribution in [0.25, 0.3) is 0 Å². The average molecular weight is 387 g/mol. The molecule has 0 spiro atoms. The third-order valence-electron chi connectivity index (χ3n) is 4.09. The van der Waals surface area contributed by atoms with E-state index in [1.165, 1.54) is 0 Å². The normalized spacial score (nSPS) is 11.5. The fourth-order valence-electron chi connectivity index (χ4n) is 2.58. The smallest absolute Gasteiger partial charge is 0.172 e. The van der Waals surface area contributed by atoms with Crippen molar-refractivity contribution in [1.29, 1.82) is 0 Å². The van der Waals surface area contributed by atoms with Crippen LogP contribution < -0.4 is 15.1 Å². The van der Waals surface area contributed by atoms with Crippen LogP contribution >= 0.6 is 0 Å². The average Bonchev–Trinajstić information content (AvgIpc) is 2.75. The van der Waals surface area contributed by atoms with Crippen LogP contribution in [0.3, 0.4) is 0 Å². The molecule has 0 saturated heterocycles. The largest absolute Gasteiger partial charge is 0.494 e. The van der Waals surface area contributed by atoms with Gasteiger partial charge in [-0.05, 0) is 61.0 Å². The van der Waals surface area contributed by atoms with Gasteiger partial charge in [-0.1, -0.05) is 18.2 Å². The summed E-state index contributed by atoms with van der Waals surface area (Å²) in [4.78, 5) is 11.1. The van der Waals surface area contributed by atoms with Crippen molar-refractivity contribution in [1.82, 2.24) is 10.4 Å². The minimum absolute atomic E-state index is 0.566. The Hall–Kier alpha value is -3.67. The number of nitrogens with one attached hydrogen (secondary N) is 1. The van der Waals surface area contributed by atoms with Gasteiger partial charge in [0.1, 0.15) is 11.4 Å². The highest BCUT2D eigenvalue weighted by Crippen LogP contribution is 2.19. The fraction of sp³-hybridized carbons (Fsp3) is 0.174. The van der Waals surface area contributed by atoms with E-state index in [1.54, 1.807) is 12.4 Å². The van der Waals surface area contributed by atoms with Crippen molar-refractivity contribution in [2.75, 3.05) is 25.6 Å². The van der Waals surface area contributed by atoms with E-state index in [0.29, 0.717) is 18.1 Å². The second kappa shape index (κ2) is 10.0. The van der Waals surface area contributed by atoms with Crippen LogP contribution in [0.15, 0.2) is 83.0 Å². The van der Waals surface area contributed by atoms with E-state index < -0.39 is 0 Å². The molecule has 0 unspecified atom stereocenters. The number of pyridine rings is 1. The van der Waals surface area contributed by atoms with Gasteiger partial charge in [0, 0.05) is 26.0 Å². The SMILES string of the molecule is CCOc1ccc(N=C(N/N=C/c2ccc(N(C)C)cc2)c2ccccn2)cc1. The predicted octanol–water partition coefficient (Wildman–Crippen LogP) is 4.25. The maximum absolute atomic E-state index is 5.48. The number of hydrogen-bond donors (Lipinski definition) is 1. The monoisotopic (exact) mass is 387 g/mol. The molecule has 0 bridgehead atoms. The number of hydrazone groups is 1. The Morgan fingerprint density at radius 2 is 1.79 bits per heavy atom. The second-order valence-electron chi connectivity index (χ2n) is 6.46. The Bertz CT molecular complexity index is 949. The van der Waals surface area contributed by atoms with Crippen LogP contribution in [0, 0.1) is 0 Å². The molecule has 3 aromatic rings. The van der Waals surface area contributed by atoms with Gasteiger partial charge in [-0.3, -0.25) is 10.4 Å². The van der Waals surface area contributed by atoms with Crippen molar-refractivity contribution in [3.05, 3.63) is 84.2 Å². The first-order valence-corrected chi connectivity index (χ1v) is 9.45. The Balaban J connectivity index is 1.79. The molecule has 6 heteroatoms. The molecule has 3 rings (SSSR count). The summed E-state index contributed by atoms with van der Waals surface area (Å²) in [7, 11) is 4.03. The number of rotatable bonds is 7. The molecule has 0 aliphatic carbocycles. The fourth-order valence-corrected chi connectivity index (χ4v) is 2.58. The van der Waals surface area contributed by atoms with Gasteiger partial charge >= 0.3 is 0 Å². The lowest BCUT2D eigenvalue weighted by molar-refractivity contribution is 0.340. The Morgan fingerprint density at radius 3 is 2.41 bits per heavy atom. The van der Waals surface area contributed by atoms with Crippen LogP contribution in [0.5, 0.6) is 5.75 Å². The summed E-state index contributed by atoms with van der Waals surface area (Å²) in [6.07, 6.45) is 3.49. The van der Waals surface area contributed by atoms with Crippen LogP contribution in [0.2, 0.25) is 0 Å². The summed E-state index contributed by atoms with van der Waals surface area (Å²) in [5.41, 5.74) is 6.65. The van der Waals surface area contributed by atoms with Crippen molar-refractivity contribution in [3.63, 3.8) is 0 Å². The van der Waals surface area contributed by atoms with E-state index in [1.807, 2.05) is 75.6 Å². The molecule has 1 aromatic heterocycles. The Kier molecular flexibility index (Phi) is 6.95. The van der Waals surface area contributed by atoms with Crippen LogP contribution in [0.1, 0.15) is 18.2 Å². The minimum Gasteiger partial charge on any atom is -0.494 e. The summed E-state index contributed by atoms with van der Waals surface area (Å²) < 4.78 is 5.48. The molecule has 0 radical (unpaired) electrons. The van der Waals surface area contributed by atoms with Crippen molar-refractivity contribution in [3.8, 4) is 5.75 Å². The van der Waals surface area contributed by atoms with Crippen molar-refractivity contribution >= 4 is 23.4 Å². The summed E-state index contributed by atoms with van der Waals surface area (Å²) >= 11 is 0. The summed E-state index contributed by atoms with van der Waals surface area (Å²) in [6, 6.07) is 21.4. The number of nitrogens with zero attached hydrogens (tertiary/aromatic N) is 4. The summed E-state index contributed by atoms with van der Waals surface area (Å²) in [5, 5.41) is 4.35. The minimum atomic E-state index is 0.566. The number of amidine groups is 1. The number of hydrogen-bond acceptors (Lipinski definition) is 5. The molecule has 29 heavy (non-hydrogen) atoms. The van der Waals surface area contributed by atoms with E-state index in [-0.39, 0.29) is 0 Å². The Morgan fingerprint density at radius 1 is 1.03 bits per heavy atom. The molecule has 0 saturated carbocycles. The topological polar surface area (TPSA) is 62.1 Å². The molecule has 0 amide bonds. The number of benzene rings is 2. The van der Waals surface area contributed by atoms with Crippen LogP contribution in [-0.2, 0) is 0 Å². The number of ether oxygens (including phenoxy) is 1. The molecule has 0 aliphatic heterocycles. The zero-order valence-corrected chi connectivity index (χ0v) is 16.9. The van der Waals surface area contributed by atoms with Crippen LogP contribution in [-0.4, -0.2) is 37.7 Å². The third-order valence-corrected chi connectivity index (χ3v) is 4.09. The molecular weight excluding hydrogens is 362 g/mol. The van der Waals surface area contributed by atoms with Gasteiger partial charge in [0.25, 0.3) is 0 Å². The van der Waals surface area contributed by atoms with Gasteiger partial charge in [-0.2, -0.15) is 5.10 Å². The standard InChI is InChI=1S/C23H25N5O/c1-4-29-21-14-10-19(11-15-21)26-23(22-7-5-6-16-24-22)27-25-17-18-8-12-20(13-9-18)28(2)3/h5-17H,4H2,1-3H3,(H,26,27)/b25-17+. The Labute approximate surface area is 171 Å². The highest BCUT2D eigenvalue weighted by Gasteiger charge is 2.04. The summed E-state index contributed by atoms with van der Waals surface area (Å²) in [6.45, 7) is 2.59. The molecule has 0 fully saturated rings. The zero-order chi connectivity index (χ0) is 20.5. The first-order chi connectivity index (χ1) is 14.2. The van der Waals surface area contributed by atoms with Crippen LogP contribution in [0.4, 0.5) is 11.4 Å². The number of aliphatic imine (C=N–C) groups is 1.